The second-order valence-corrected chi connectivity index (χ2v) is 3.74. The summed E-state index contributed by atoms with van der Waals surface area (Å²) in [7, 11) is 1.88. The van der Waals surface area contributed by atoms with Gasteiger partial charge in [0, 0.05) is 12.7 Å². The normalized spacial score (nSPS) is 10.6. The van der Waals surface area contributed by atoms with Gasteiger partial charge in [-0.1, -0.05) is 17.7 Å². The predicted octanol–water partition coefficient (Wildman–Crippen LogP) is 2.03. The Balaban J connectivity index is 2.69. The number of hydrogen-bond donors (Lipinski definition) is 1. The number of hydrogen-bond acceptors (Lipinski definition) is 3. The average molecular weight is 223 g/mol. The fourth-order valence-electron chi connectivity index (χ4n) is 1.40. The van der Waals surface area contributed by atoms with Crippen molar-refractivity contribution in [1.29, 1.82) is 0 Å². The van der Waals surface area contributed by atoms with Gasteiger partial charge in [-0.2, -0.15) is 0 Å². The molecule has 1 heterocycles. The van der Waals surface area contributed by atoms with Gasteiger partial charge in [-0.25, -0.2) is 0 Å². The quantitative estimate of drug-likeness (QED) is 0.752. The van der Waals surface area contributed by atoms with Gasteiger partial charge in [0.25, 0.3) is 0 Å². The van der Waals surface area contributed by atoms with Crippen molar-refractivity contribution in [1.82, 2.24) is 14.8 Å². The van der Waals surface area contributed by atoms with Crippen LogP contribution in [0.4, 0.5) is 5.69 Å². The number of nitrogen functional groups attached to an aromatic ring is 1. The zero-order valence-electron chi connectivity index (χ0n) is 8.53. The Labute approximate surface area is 92.7 Å². The van der Waals surface area contributed by atoms with Gasteiger partial charge in [0.1, 0.15) is 5.82 Å². The molecule has 0 unspecified atom stereocenters. The monoisotopic (exact) mass is 222 g/mol. The summed E-state index contributed by atoms with van der Waals surface area (Å²) in [6.45, 7) is 1.88. The van der Waals surface area contributed by atoms with E-state index < -0.39 is 0 Å². The van der Waals surface area contributed by atoms with E-state index in [2.05, 4.69) is 10.2 Å². The van der Waals surface area contributed by atoms with Crippen LogP contribution in [-0.2, 0) is 7.05 Å². The fourth-order valence-corrected chi connectivity index (χ4v) is 1.67. The molecule has 0 aliphatic carbocycles. The number of nitrogens with zero attached hydrogens (tertiary/aromatic N) is 3. The molecular formula is C10H11ClN4. The molecule has 0 aliphatic heterocycles. The van der Waals surface area contributed by atoms with E-state index in [0.717, 1.165) is 11.4 Å². The van der Waals surface area contributed by atoms with E-state index >= 15 is 0 Å². The second kappa shape index (κ2) is 3.55. The summed E-state index contributed by atoms with van der Waals surface area (Å²) in [4.78, 5) is 0. The van der Waals surface area contributed by atoms with Crippen molar-refractivity contribution in [2.75, 3.05) is 5.73 Å². The maximum absolute atomic E-state index is 6.08. The molecule has 0 atom stereocenters. The van der Waals surface area contributed by atoms with Crippen LogP contribution in [0.15, 0.2) is 18.2 Å². The van der Waals surface area contributed by atoms with Crippen LogP contribution < -0.4 is 5.73 Å². The zero-order chi connectivity index (χ0) is 11.0. The van der Waals surface area contributed by atoms with Crippen LogP contribution in [0.3, 0.4) is 0 Å². The van der Waals surface area contributed by atoms with E-state index in [0.29, 0.717) is 16.5 Å². The molecule has 2 aromatic rings. The molecule has 0 aliphatic rings. The summed E-state index contributed by atoms with van der Waals surface area (Å²) in [5.41, 5.74) is 7.21. The van der Waals surface area contributed by atoms with E-state index in [4.69, 9.17) is 17.3 Å². The van der Waals surface area contributed by atoms with Crippen LogP contribution in [0.5, 0.6) is 0 Å². The first-order valence-electron chi connectivity index (χ1n) is 4.51. The standard InChI is InChI=1S/C10H11ClN4/c1-6-13-14-10(15(6)2)9-7(11)4-3-5-8(9)12/h3-5H,12H2,1-2H3. The Morgan fingerprint density at radius 2 is 2.07 bits per heavy atom. The lowest BCUT2D eigenvalue weighted by atomic mass is 10.1. The van der Waals surface area contributed by atoms with Crippen LogP contribution in [0.2, 0.25) is 5.02 Å². The van der Waals surface area contributed by atoms with Crippen molar-refractivity contribution in [3.8, 4) is 11.4 Å². The summed E-state index contributed by atoms with van der Waals surface area (Å²) in [5, 5.41) is 8.62. The highest BCUT2D eigenvalue weighted by Gasteiger charge is 2.13. The summed E-state index contributed by atoms with van der Waals surface area (Å²) >= 11 is 6.08. The van der Waals surface area contributed by atoms with Gasteiger partial charge in [-0.15, -0.1) is 10.2 Å². The Bertz CT molecular complexity index is 484. The van der Waals surface area contributed by atoms with Crippen LogP contribution in [0.25, 0.3) is 11.4 Å². The molecule has 0 bridgehead atoms. The molecule has 2 N–H and O–H groups in total. The first-order valence-corrected chi connectivity index (χ1v) is 4.89. The second-order valence-electron chi connectivity index (χ2n) is 3.33. The molecule has 78 valence electrons. The van der Waals surface area contributed by atoms with Gasteiger partial charge in [0.05, 0.1) is 10.6 Å². The molecular weight excluding hydrogens is 212 g/mol. The SMILES string of the molecule is Cc1nnc(-c2c(N)cccc2Cl)n1C. The largest absolute Gasteiger partial charge is 0.398 e. The minimum Gasteiger partial charge on any atom is -0.398 e. The zero-order valence-corrected chi connectivity index (χ0v) is 9.28. The van der Waals surface area contributed by atoms with Crippen molar-refractivity contribution >= 4 is 17.3 Å². The van der Waals surface area contributed by atoms with Crippen LogP contribution in [0.1, 0.15) is 5.82 Å². The molecule has 0 spiro atoms. The van der Waals surface area contributed by atoms with Gasteiger partial charge < -0.3 is 10.3 Å². The van der Waals surface area contributed by atoms with Crippen molar-refractivity contribution in [3.63, 3.8) is 0 Å². The van der Waals surface area contributed by atoms with Crippen molar-refractivity contribution in [2.24, 2.45) is 7.05 Å². The number of aryl methyl sites for hydroxylation is 1. The minimum absolute atomic E-state index is 0.588. The van der Waals surface area contributed by atoms with Crippen LogP contribution in [0, 0.1) is 6.92 Å². The molecule has 1 aromatic carbocycles. The van der Waals surface area contributed by atoms with Gasteiger partial charge in [-0.3, -0.25) is 0 Å². The Morgan fingerprint density at radius 3 is 2.60 bits per heavy atom. The topological polar surface area (TPSA) is 56.7 Å². The Hall–Kier alpha value is -1.55. The lowest BCUT2D eigenvalue weighted by Gasteiger charge is -2.06. The van der Waals surface area contributed by atoms with E-state index in [1.54, 1.807) is 12.1 Å². The highest BCUT2D eigenvalue weighted by Crippen LogP contribution is 2.31. The summed E-state index contributed by atoms with van der Waals surface area (Å²) in [6, 6.07) is 5.40. The van der Waals surface area contributed by atoms with Crippen molar-refractivity contribution in [2.45, 2.75) is 6.92 Å². The van der Waals surface area contributed by atoms with E-state index in [-0.39, 0.29) is 0 Å². The van der Waals surface area contributed by atoms with E-state index in [1.165, 1.54) is 0 Å². The fraction of sp³-hybridized carbons (Fsp3) is 0.200. The maximum atomic E-state index is 6.08. The molecule has 15 heavy (non-hydrogen) atoms. The average Bonchev–Trinajstić information content (AvgIpc) is 2.49. The number of aromatic nitrogens is 3. The van der Waals surface area contributed by atoms with Crippen LogP contribution in [-0.4, -0.2) is 14.8 Å². The molecule has 0 fully saturated rings. The Kier molecular flexibility index (Phi) is 2.36. The molecule has 0 saturated heterocycles. The molecule has 0 radical (unpaired) electrons. The van der Waals surface area contributed by atoms with Gasteiger partial charge in [0.2, 0.25) is 0 Å². The molecule has 0 saturated carbocycles. The number of nitrogens with two attached hydrogens (primary N) is 1. The third-order valence-electron chi connectivity index (χ3n) is 2.36. The number of benzene rings is 1. The van der Waals surface area contributed by atoms with Gasteiger partial charge in [-0.05, 0) is 19.1 Å². The molecule has 5 heteroatoms. The number of anilines is 1. The lowest BCUT2D eigenvalue weighted by molar-refractivity contribution is 0.865. The van der Waals surface area contributed by atoms with Crippen molar-refractivity contribution in [3.05, 3.63) is 29.0 Å². The first kappa shape index (κ1) is 9.98. The third-order valence-corrected chi connectivity index (χ3v) is 2.68. The van der Waals surface area contributed by atoms with Crippen LogP contribution >= 0.6 is 11.6 Å². The minimum atomic E-state index is 0.588. The molecule has 0 amide bonds. The summed E-state index contributed by atoms with van der Waals surface area (Å²) in [6.07, 6.45) is 0. The van der Waals surface area contributed by atoms with Gasteiger partial charge in [0.15, 0.2) is 5.82 Å². The van der Waals surface area contributed by atoms with Gasteiger partial charge >= 0.3 is 0 Å². The maximum Gasteiger partial charge on any atom is 0.167 e. The molecule has 1 aromatic heterocycles. The van der Waals surface area contributed by atoms with E-state index in [9.17, 15) is 0 Å². The first-order chi connectivity index (χ1) is 7.11. The Morgan fingerprint density at radius 1 is 1.33 bits per heavy atom. The highest BCUT2D eigenvalue weighted by atomic mass is 35.5. The predicted molar refractivity (Wildman–Crippen MR) is 60.6 cm³/mol. The summed E-state index contributed by atoms with van der Waals surface area (Å²) < 4.78 is 1.86. The summed E-state index contributed by atoms with van der Waals surface area (Å²) in [5.74, 6) is 1.51. The van der Waals surface area contributed by atoms with Crippen molar-refractivity contribution < 1.29 is 0 Å². The lowest BCUT2D eigenvalue weighted by Crippen LogP contribution is -1.98. The molecule has 4 nitrogen and oxygen atoms in total. The number of halogens is 1. The van der Waals surface area contributed by atoms with E-state index in [1.807, 2.05) is 24.6 Å². The smallest absolute Gasteiger partial charge is 0.167 e. The highest BCUT2D eigenvalue weighted by molar-refractivity contribution is 6.33. The molecule has 2 rings (SSSR count). The third kappa shape index (κ3) is 1.57. The number of rotatable bonds is 1.